The molecule has 5 nitrogen and oxygen atoms in total. The summed E-state index contributed by atoms with van der Waals surface area (Å²) in [4.78, 5) is 7.37. The summed E-state index contributed by atoms with van der Waals surface area (Å²) < 4.78 is 7.79. The van der Waals surface area contributed by atoms with E-state index in [9.17, 15) is 0 Å². The second kappa shape index (κ2) is 7.64. The summed E-state index contributed by atoms with van der Waals surface area (Å²) in [5.74, 6) is 1.13. The van der Waals surface area contributed by atoms with Gasteiger partial charge in [-0.05, 0) is 39.8 Å². The largest absolute Gasteiger partial charge is 0.379 e. The molecule has 24 heavy (non-hydrogen) atoms. The molecule has 5 heteroatoms. The third-order valence-electron chi connectivity index (χ3n) is 4.70. The molecule has 0 unspecified atom stereocenters. The van der Waals surface area contributed by atoms with E-state index in [1.807, 2.05) is 0 Å². The Kier molecular flexibility index (Phi) is 5.54. The molecule has 0 aliphatic carbocycles. The molecule has 1 aromatic carbocycles. The topological polar surface area (TPSA) is 42.3 Å². The fourth-order valence-corrected chi connectivity index (χ4v) is 3.64. The molecule has 0 saturated carbocycles. The maximum absolute atomic E-state index is 5.43. The van der Waals surface area contributed by atoms with Crippen molar-refractivity contribution in [1.82, 2.24) is 19.8 Å². The summed E-state index contributed by atoms with van der Waals surface area (Å²) in [7, 11) is 0. The van der Waals surface area contributed by atoms with E-state index in [-0.39, 0.29) is 6.04 Å². The summed E-state index contributed by atoms with van der Waals surface area (Å²) in [6.07, 6.45) is 0. The van der Waals surface area contributed by atoms with E-state index in [4.69, 9.17) is 9.72 Å². The van der Waals surface area contributed by atoms with Crippen molar-refractivity contribution in [3.8, 4) is 0 Å². The quantitative estimate of drug-likeness (QED) is 0.884. The average Bonchev–Trinajstić information content (AvgIpc) is 2.95. The Morgan fingerprint density at radius 2 is 1.83 bits per heavy atom. The van der Waals surface area contributed by atoms with Crippen molar-refractivity contribution in [2.24, 2.45) is 0 Å². The third kappa shape index (κ3) is 3.79. The van der Waals surface area contributed by atoms with E-state index in [2.05, 4.69) is 66.7 Å². The van der Waals surface area contributed by atoms with Crippen molar-refractivity contribution in [3.63, 3.8) is 0 Å². The molecule has 2 heterocycles. The molecular formula is C19H30N4O. The zero-order valence-corrected chi connectivity index (χ0v) is 15.3. The normalized spacial score (nSPS) is 19.0. The van der Waals surface area contributed by atoms with Gasteiger partial charge in [-0.3, -0.25) is 4.90 Å². The SMILES string of the molecule is CC(C)n1c([C@@H](C)N[C@H](C)CN2CCOCC2)nc2ccccc21. The highest BCUT2D eigenvalue weighted by atomic mass is 16.5. The summed E-state index contributed by atoms with van der Waals surface area (Å²) in [6, 6.07) is 9.44. The van der Waals surface area contributed by atoms with E-state index in [0.29, 0.717) is 12.1 Å². The number of rotatable bonds is 6. The van der Waals surface area contributed by atoms with Crippen LogP contribution in [0, 0.1) is 0 Å². The Bertz CT molecular complexity index is 660. The predicted octanol–water partition coefficient (Wildman–Crippen LogP) is 2.99. The van der Waals surface area contributed by atoms with Gasteiger partial charge in [0.05, 0.1) is 30.3 Å². The summed E-state index contributed by atoms with van der Waals surface area (Å²) in [6.45, 7) is 13.7. The summed E-state index contributed by atoms with van der Waals surface area (Å²) in [5, 5.41) is 3.73. The van der Waals surface area contributed by atoms with Gasteiger partial charge in [0.25, 0.3) is 0 Å². The smallest absolute Gasteiger partial charge is 0.127 e. The van der Waals surface area contributed by atoms with E-state index < -0.39 is 0 Å². The molecule has 2 aromatic rings. The zero-order chi connectivity index (χ0) is 17.1. The van der Waals surface area contributed by atoms with Gasteiger partial charge in [0.1, 0.15) is 5.82 Å². The standard InChI is InChI=1S/C19H30N4O/c1-14(2)23-18-8-6-5-7-17(18)21-19(23)16(4)20-15(3)13-22-9-11-24-12-10-22/h5-8,14-16,20H,9-13H2,1-4H3/t15-,16-/m1/s1. The van der Waals surface area contributed by atoms with E-state index in [1.54, 1.807) is 0 Å². The lowest BCUT2D eigenvalue weighted by molar-refractivity contribution is 0.0338. The number of fused-ring (bicyclic) bond motifs is 1. The number of morpholine rings is 1. The second-order valence-electron chi connectivity index (χ2n) is 7.12. The maximum atomic E-state index is 5.43. The predicted molar refractivity (Wildman–Crippen MR) is 98.4 cm³/mol. The highest BCUT2D eigenvalue weighted by Gasteiger charge is 2.21. The highest BCUT2D eigenvalue weighted by Crippen LogP contribution is 2.25. The Labute approximate surface area is 145 Å². The van der Waals surface area contributed by atoms with Crippen LogP contribution < -0.4 is 5.32 Å². The molecule has 1 aromatic heterocycles. The van der Waals surface area contributed by atoms with E-state index in [0.717, 1.165) is 44.2 Å². The monoisotopic (exact) mass is 330 g/mol. The first kappa shape index (κ1) is 17.4. The van der Waals surface area contributed by atoms with Gasteiger partial charge < -0.3 is 14.6 Å². The number of imidazole rings is 1. The van der Waals surface area contributed by atoms with Crippen LogP contribution in [0.15, 0.2) is 24.3 Å². The molecule has 1 aliphatic heterocycles. The van der Waals surface area contributed by atoms with Gasteiger partial charge in [0, 0.05) is 31.7 Å². The molecular weight excluding hydrogens is 300 g/mol. The summed E-state index contributed by atoms with van der Waals surface area (Å²) >= 11 is 0. The molecule has 1 N–H and O–H groups in total. The minimum Gasteiger partial charge on any atom is -0.379 e. The van der Waals surface area contributed by atoms with Crippen LogP contribution in [-0.4, -0.2) is 53.3 Å². The lowest BCUT2D eigenvalue weighted by Gasteiger charge is -2.30. The van der Waals surface area contributed by atoms with Gasteiger partial charge in [-0.15, -0.1) is 0 Å². The van der Waals surface area contributed by atoms with Crippen LogP contribution in [0.25, 0.3) is 11.0 Å². The molecule has 0 spiro atoms. The van der Waals surface area contributed by atoms with Crippen LogP contribution in [0.3, 0.4) is 0 Å². The minimum atomic E-state index is 0.218. The minimum absolute atomic E-state index is 0.218. The zero-order valence-electron chi connectivity index (χ0n) is 15.3. The first-order valence-electron chi connectivity index (χ1n) is 9.09. The molecule has 0 bridgehead atoms. The molecule has 3 rings (SSSR count). The first-order valence-corrected chi connectivity index (χ1v) is 9.09. The van der Waals surface area contributed by atoms with Gasteiger partial charge in [-0.25, -0.2) is 4.98 Å². The first-order chi connectivity index (χ1) is 11.6. The van der Waals surface area contributed by atoms with Crippen molar-refractivity contribution in [2.75, 3.05) is 32.8 Å². The highest BCUT2D eigenvalue weighted by molar-refractivity contribution is 5.76. The number of para-hydroxylation sites is 2. The molecule has 1 aliphatic rings. The Morgan fingerprint density at radius 1 is 1.12 bits per heavy atom. The fourth-order valence-electron chi connectivity index (χ4n) is 3.64. The average molecular weight is 330 g/mol. The van der Waals surface area contributed by atoms with Crippen LogP contribution in [0.1, 0.15) is 45.6 Å². The number of benzene rings is 1. The summed E-state index contributed by atoms with van der Waals surface area (Å²) in [5.41, 5.74) is 2.30. The Morgan fingerprint density at radius 3 is 2.54 bits per heavy atom. The van der Waals surface area contributed by atoms with Crippen molar-refractivity contribution < 1.29 is 4.74 Å². The van der Waals surface area contributed by atoms with Crippen LogP contribution in [0.2, 0.25) is 0 Å². The number of nitrogens with zero attached hydrogens (tertiary/aromatic N) is 3. The Balaban J connectivity index is 1.73. The van der Waals surface area contributed by atoms with Gasteiger partial charge in [0.2, 0.25) is 0 Å². The molecule has 132 valence electrons. The number of nitrogens with one attached hydrogen (secondary N) is 1. The lowest BCUT2D eigenvalue weighted by atomic mass is 10.2. The van der Waals surface area contributed by atoms with E-state index in [1.165, 1.54) is 5.52 Å². The van der Waals surface area contributed by atoms with Gasteiger partial charge in [0.15, 0.2) is 0 Å². The number of hydrogen-bond acceptors (Lipinski definition) is 4. The lowest BCUT2D eigenvalue weighted by Crippen LogP contribution is -2.45. The van der Waals surface area contributed by atoms with Crippen LogP contribution in [0.5, 0.6) is 0 Å². The van der Waals surface area contributed by atoms with Crippen molar-refractivity contribution in [2.45, 2.75) is 45.8 Å². The Hall–Kier alpha value is -1.43. The van der Waals surface area contributed by atoms with Crippen molar-refractivity contribution >= 4 is 11.0 Å². The van der Waals surface area contributed by atoms with Gasteiger partial charge in [-0.2, -0.15) is 0 Å². The van der Waals surface area contributed by atoms with Crippen LogP contribution in [0.4, 0.5) is 0 Å². The number of ether oxygens (including phenoxy) is 1. The molecule has 2 atom stereocenters. The molecule has 0 radical (unpaired) electrons. The maximum Gasteiger partial charge on any atom is 0.127 e. The molecule has 1 saturated heterocycles. The molecule has 0 amide bonds. The van der Waals surface area contributed by atoms with Crippen molar-refractivity contribution in [3.05, 3.63) is 30.1 Å². The number of hydrogen-bond donors (Lipinski definition) is 1. The van der Waals surface area contributed by atoms with Crippen molar-refractivity contribution in [1.29, 1.82) is 0 Å². The van der Waals surface area contributed by atoms with Gasteiger partial charge in [-0.1, -0.05) is 12.1 Å². The third-order valence-corrected chi connectivity index (χ3v) is 4.70. The fraction of sp³-hybridized carbons (Fsp3) is 0.632. The number of aromatic nitrogens is 2. The van der Waals surface area contributed by atoms with Crippen LogP contribution >= 0.6 is 0 Å². The van der Waals surface area contributed by atoms with E-state index >= 15 is 0 Å². The molecule has 1 fully saturated rings. The van der Waals surface area contributed by atoms with Gasteiger partial charge >= 0.3 is 0 Å². The second-order valence-corrected chi connectivity index (χ2v) is 7.12. The van der Waals surface area contributed by atoms with Crippen LogP contribution in [-0.2, 0) is 4.74 Å².